The van der Waals surface area contributed by atoms with Crippen LogP contribution >= 0.6 is 0 Å². The molecule has 3 nitrogen and oxygen atoms in total. The standard InChI is InChI=1S/C23H37N3/c1-16(2)21(14-20-12-10-17(3)11-13-20)25-18(4)19(5)26-22(24-9)15-23(6,7)8/h10-13,19,21,25H,1,4,14-15H2,2-3,5-9H3,(H,24,26)/t19?,21-/m0/s1. The van der Waals surface area contributed by atoms with Gasteiger partial charge in [-0.15, -0.1) is 0 Å². The molecule has 3 heteroatoms. The molecule has 0 heterocycles. The Morgan fingerprint density at radius 2 is 1.69 bits per heavy atom. The minimum atomic E-state index is 0.0934. The Labute approximate surface area is 160 Å². The van der Waals surface area contributed by atoms with E-state index in [9.17, 15) is 0 Å². The van der Waals surface area contributed by atoms with Gasteiger partial charge in [-0.1, -0.05) is 69.3 Å². The molecule has 0 radical (unpaired) electrons. The van der Waals surface area contributed by atoms with Gasteiger partial charge in [-0.3, -0.25) is 4.99 Å². The zero-order chi connectivity index (χ0) is 19.9. The average molecular weight is 356 g/mol. The first-order valence-corrected chi connectivity index (χ1v) is 9.40. The second-order valence-electron chi connectivity index (χ2n) is 8.53. The van der Waals surface area contributed by atoms with Gasteiger partial charge >= 0.3 is 0 Å². The van der Waals surface area contributed by atoms with Crippen LogP contribution < -0.4 is 10.6 Å². The second kappa shape index (κ2) is 9.61. The SMILES string of the molecule is C=C(N[C@@H](Cc1ccc(C)cc1)C(=C)C)C(C)N/C(CC(C)(C)C)=N/C. The zero-order valence-corrected chi connectivity index (χ0v) is 17.7. The smallest absolute Gasteiger partial charge is 0.0970 e. The molecule has 1 aromatic carbocycles. The lowest BCUT2D eigenvalue weighted by atomic mass is 9.91. The lowest BCUT2D eigenvalue weighted by Gasteiger charge is -2.28. The van der Waals surface area contributed by atoms with E-state index in [0.717, 1.165) is 29.9 Å². The highest BCUT2D eigenvalue weighted by atomic mass is 15.1. The van der Waals surface area contributed by atoms with Crippen molar-refractivity contribution in [2.24, 2.45) is 10.4 Å². The summed E-state index contributed by atoms with van der Waals surface area (Å²) in [7, 11) is 1.84. The van der Waals surface area contributed by atoms with Gasteiger partial charge in [0.2, 0.25) is 0 Å². The summed E-state index contributed by atoms with van der Waals surface area (Å²) in [4.78, 5) is 4.41. The molecule has 2 N–H and O–H groups in total. The fourth-order valence-corrected chi connectivity index (χ4v) is 2.69. The Balaban J connectivity index is 2.71. The van der Waals surface area contributed by atoms with Gasteiger partial charge in [0.05, 0.1) is 17.9 Å². The first-order valence-electron chi connectivity index (χ1n) is 9.40. The topological polar surface area (TPSA) is 36.4 Å². The highest BCUT2D eigenvalue weighted by molar-refractivity contribution is 5.83. The van der Waals surface area contributed by atoms with Crippen LogP contribution in [0, 0.1) is 12.3 Å². The Morgan fingerprint density at radius 1 is 1.12 bits per heavy atom. The summed E-state index contributed by atoms with van der Waals surface area (Å²) in [6.07, 6.45) is 1.81. The van der Waals surface area contributed by atoms with E-state index in [1.54, 1.807) is 0 Å². The van der Waals surface area contributed by atoms with Crippen molar-refractivity contribution in [1.82, 2.24) is 10.6 Å². The molecular formula is C23H37N3. The highest BCUT2D eigenvalue weighted by Gasteiger charge is 2.18. The molecule has 2 atom stereocenters. The first kappa shape index (κ1) is 22.0. The van der Waals surface area contributed by atoms with Gasteiger partial charge in [0, 0.05) is 19.2 Å². The van der Waals surface area contributed by atoms with Crippen LogP contribution in [0.5, 0.6) is 0 Å². The number of nitrogens with zero attached hydrogens (tertiary/aromatic N) is 1. The second-order valence-corrected chi connectivity index (χ2v) is 8.53. The van der Waals surface area contributed by atoms with Gasteiger partial charge in [0.1, 0.15) is 0 Å². The van der Waals surface area contributed by atoms with E-state index in [0.29, 0.717) is 0 Å². The van der Waals surface area contributed by atoms with Gasteiger partial charge in [-0.2, -0.15) is 0 Å². The molecule has 0 aliphatic heterocycles. The zero-order valence-electron chi connectivity index (χ0n) is 17.7. The van der Waals surface area contributed by atoms with E-state index in [2.05, 4.69) is 94.6 Å². The molecule has 1 unspecified atom stereocenters. The summed E-state index contributed by atoms with van der Waals surface area (Å²) in [5.41, 5.74) is 4.84. The summed E-state index contributed by atoms with van der Waals surface area (Å²) in [5.74, 6) is 1.01. The van der Waals surface area contributed by atoms with Crippen LogP contribution in [0.4, 0.5) is 0 Å². The van der Waals surface area contributed by atoms with E-state index in [1.807, 2.05) is 7.05 Å². The van der Waals surface area contributed by atoms with Crippen LogP contribution in [-0.2, 0) is 6.42 Å². The minimum absolute atomic E-state index is 0.0934. The van der Waals surface area contributed by atoms with E-state index in [4.69, 9.17) is 0 Å². The predicted octanol–water partition coefficient (Wildman–Crippen LogP) is 5.03. The number of aliphatic imine (C=N–C) groups is 1. The van der Waals surface area contributed by atoms with Crippen LogP contribution in [0.1, 0.15) is 52.2 Å². The average Bonchev–Trinajstić information content (AvgIpc) is 2.53. The number of amidine groups is 1. The minimum Gasteiger partial charge on any atom is -0.380 e. The Hall–Kier alpha value is -2.03. The highest BCUT2D eigenvalue weighted by Crippen LogP contribution is 2.19. The molecule has 0 saturated heterocycles. The number of nitrogens with one attached hydrogen (secondary N) is 2. The monoisotopic (exact) mass is 355 g/mol. The van der Waals surface area contributed by atoms with Crippen molar-refractivity contribution in [1.29, 1.82) is 0 Å². The van der Waals surface area contributed by atoms with E-state index in [-0.39, 0.29) is 17.5 Å². The molecule has 0 aliphatic carbocycles. The quantitative estimate of drug-likeness (QED) is 0.390. The number of rotatable bonds is 8. The molecule has 0 aliphatic rings. The normalized spacial score (nSPS) is 14.5. The third-order valence-corrected chi connectivity index (χ3v) is 4.39. The third-order valence-electron chi connectivity index (χ3n) is 4.39. The third kappa shape index (κ3) is 7.90. The lowest BCUT2D eigenvalue weighted by Crippen LogP contribution is -2.42. The molecule has 26 heavy (non-hydrogen) atoms. The van der Waals surface area contributed by atoms with Crippen molar-refractivity contribution < 1.29 is 0 Å². The van der Waals surface area contributed by atoms with Crippen molar-refractivity contribution >= 4 is 5.84 Å². The van der Waals surface area contributed by atoms with Gasteiger partial charge in [0.25, 0.3) is 0 Å². The first-order chi connectivity index (χ1) is 12.0. The molecule has 0 fully saturated rings. The van der Waals surface area contributed by atoms with Gasteiger partial charge < -0.3 is 10.6 Å². The maximum absolute atomic E-state index is 4.41. The summed E-state index contributed by atoms with van der Waals surface area (Å²) in [6.45, 7) is 21.4. The fourth-order valence-electron chi connectivity index (χ4n) is 2.69. The van der Waals surface area contributed by atoms with Gasteiger partial charge in [-0.05, 0) is 38.2 Å². The number of hydrogen-bond donors (Lipinski definition) is 2. The Kier molecular flexibility index (Phi) is 8.13. The van der Waals surface area contributed by atoms with E-state index < -0.39 is 0 Å². The fraction of sp³-hybridized carbons (Fsp3) is 0.522. The van der Waals surface area contributed by atoms with Crippen molar-refractivity contribution in [3.05, 3.63) is 59.8 Å². The van der Waals surface area contributed by atoms with Crippen LogP contribution in [0.15, 0.2) is 53.7 Å². The molecule has 0 aromatic heterocycles. The molecule has 1 rings (SSSR count). The van der Waals surface area contributed by atoms with E-state index >= 15 is 0 Å². The molecule has 0 spiro atoms. The van der Waals surface area contributed by atoms with Crippen molar-refractivity contribution in [2.75, 3.05) is 7.05 Å². The van der Waals surface area contributed by atoms with Crippen molar-refractivity contribution in [3.63, 3.8) is 0 Å². The molecule has 144 valence electrons. The van der Waals surface area contributed by atoms with Crippen molar-refractivity contribution in [3.8, 4) is 0 Å². The summed E-state index contributed by atoms with van der Waals surface area (Å²) in [6, 6.07) is 8.93. The summed E-state index contributed by atoms with van der Waals surface area (Å²) in [5, 5.41) is 7.06. The van der Waals surface area contributed by atoms with Gasteiger partial charge in [-0.25, -0.2) is 0 Å². The van der Waals surface area contributed by atoms with Crippen LogP contribution in [0.2, 0.25) is 0 Å². The number of aryl methyl sites for hydroxylation is 1. The van der Waals surface area contributed by atoms with E-state index in [1.165, 1.54) is 11.1 Å². The maximum atomic E-state index is 4.41. The van der Waals surface area contributed by atoms with Crippen LogP contribution in [0.3, 0.4) is 0 Å². The molecule has 1 aromatic rings. The number of hydrogen-bond acceptors (Lipinski definition) is 2. The van der Waals surface area contributed by atoms with Crippen LogP contribution in [0.25, 0.3) is 0 Å². The molecule has 0 saturated carbocycles. The largest absolute Gasteiger partial charge is 0.380 e. The molecule has 0 amide bonds. The summed E-state index contributed by atoms with van der Waals surface area (Å²) < 4.78 is 0. The van der Waals surface area contributed by atoms with Crippen molar-refractivity contribution in [2.45, 2.75) is 66.5 Å². The number of benzene rings is 1. The Morgan fingerprint density at radius 3 is 2.15 bits per heavy atom. The molecular weight excluding hydrogens is 318 g/mol. The van der Waals surface area contributed by atoms with Crippen LogP contribution in [-0.4, -0.2) is 25.0 Å². The Bertz CT molecular complexity index is 632. The summed E-state index contributed by atoms with van der Waals surface area (Å²) >= 11 is 0. The lowest BCUT2D eigenvalue weighted by molar-refractivity contribution is 0.426. The maximum Gasteiger partial charge on any atom is 0.0970 e. The predicted molar refractivity (Wildman–Crippen MR) is 116 cm³/mol. The molecule has 0 bridgehead atoms. The van der Waals surface area contributed by atoms with Gasteiger partial charge in [0.15, 0.2) is 0 Å².